The van der Waals surface area contributed by atoms with E-state index in [-0.39, 0.29) is 12.6 Å². The third kappa shape index (κ3) is 5.83. The standard InChI is InChI=1S/C19H20N4O3/c1-13(2)26-17-9-8-14(11-20)10-16(17)21-12-18(24)23-19(25)22-15-6-4-3-5-7-15/h3-10,13,21H,12H2,1-2H3,(H2,22,23,24,25). The van der Waals surface area contributed by atoms with Crippen LogP contribution in [-0.4, -0.2) is 24.6 Å². The number of para-hydroxylation sites is 1. The number of imide groups is 1. The van der Waals surface area contributed by atoms with E-state index < -0.39 is 11.9 Å². The molecule has 2 aromatic carbocycles. The van der Waals surface area contributed by atoms with E-state index in [1.54, 1.807) is 42.5 Å². The minimum Gasteiger partial charge on any atom is -0.489 e. The van der Waals surface area contributed by atoms with Crippen molar-refractivity contribution in [3.8, 4) is 11.8 Å². The van der Waals surface area contributed by atoms with Crippen LogP contribution in [0.2, 0.25) is 0 Å². The first kappa shape index (κ1) is 18.8. The van der Waals surface area contributed by atoms with Gasteiger partial charge in [-0.15, -0.1) is 0 Å². The van der Waals surface area contributed by atoms with Crippen molar-refractivity contribution in [2.45, 2.75) is 20.0 Å². The lowest BCUT2D eigenvalue weighted by Gasteiger charge is -2.15. The number of nitrogens with one attached hydrogen (secondary N) is 3. The van der Waals surface area contributed by atoms with Gasteiger partial charge in [0.15, 0.2) is 0 Å². The molecule has 0 aromatic heterocycles. The van der Waals surface area contributed by atoms with Gasteiger partial charge in [-0.1, -0.05) is 18.2 Å². The van der Waals surface area contributed by atoms with E-state index >= 15 is 0 Å². The Balaban J connectivity index is 1.94. The van der Waals surface area contributed by atoms with Gasteiger partial charge in [0, 0.05) is 5.69 Å². The van der Waals surface area contributed by atoms with Crippen LogP contribution >= 0.6 is 0 Å². The minimum absolute atomic E-state index is 0.0611. The number of nitriles is 1. The number of amides is 3. The molecule has 0 atom stereocenters. The van der Waals surface area contributed by atoms with E-state index in [2.05, 4.69) is 16.0 Å². The third-order valence-electron chi connectivity index (χ3n) is 3.20. The number of carbonyl (C=O) groups is 2. The zero-order valence-corrected chi connectivity index (χ0v) is 14.6. The molecule has 2 rings (SSSR count). The Morgan fingerprint density at radius 3 is 2.54 bits per heavy atom. The number of hydrogen-bond donors (Lipinski definition) is 3. The van der Waals surface area contributed by atoms with Crippen molar-refractivity contribution in [2.24, 2.45) is 0 Å². The first-order valence-corrected chi connectivity index (χ1v) is 8.08. The molecule has 26 heavy (non-hydrogen) atoms. The average Bonchev–Trinajstić information content (AvgIpc) is 2.61. The van der Waals surface area contributed by atoms with Crippen LogP contribution in [0, 0.1) is 11.3 Å². The lowest BCUT2D eigenvalue weighted by Crippen LogP contribution is -2.38. The summed E-state index contributed by atoms with van der Waals surface area (Å²) in [5, 5.41) is 16.7. The summed E-state index contributed by atoms with van der Waals surface area (Å²) >= 11 is 0. The number of benzene rings is 2. The summed E-state index contributed by atoms with van der Waals surface area (Å²) < 4.78 is 5.65. The van der Waals surface area contributed by atoms with Crippen molar-refractivity contribution in [3.05, 3.63) is 54.1 Å². The first-order valence-electron chi connectivity index (χ1n) is 8.08. The van der Waals surface area contributed by atoms with Gasteiger partial charge < -0.3 is 15.4 Å². The average molecular weight is 352 g/mol. The van der Waals surface area contributed by atoms with E-state index in [1.807, 2.05) is 26.0 Å². The van der Waals surface area contributed by atoms with Crippen molar-refractivity contribution >= 4 is 23.3 Å². The van der Waals surface area contributed by atoms with Crippen molar-refractivity contribution in [2.75, 3.05) is 17.2 Å². The molecule has 0 aliphatic carbocycles. The van der Waals surface area contributed by atoms with E-state index in [4.69, 9.17) is 10.00 Å². The van der Waals surface area contributed by atoms with E-state index in [0.717, 1.165) is 0 Å². The predicted octanol–water partition coefficient (Wildman–Crippen LogP) is 3.11. The fourth-order valence-corrected chi connectivity index (χ4v) is 2.12. The van der Waals surface area contributed by atoms with E-state index in [0.29, 0.717) is 22.7 Å². The second kappa shape index (κ2) is 9.08. The van der Waals surface area contributed by atoms with Crippen molar-refractivity contribution in [1.29, 1.82) is 5.26 Å². The molecule has 2 aromatic rings. The molecule has 0 aliphatic rings. The smallest absolute Gasteiger partial charge is 0.325 e. The van der Waals surface area contributed by atoms with Crippen molar-refractivity contribution < 1.29 is 14.3 Å². The number of carbonyl (C=O) groups excluding carboxylic acids is 2. The number of ether oxygens (including phenoxy) is 1. The Bertz CT molecular complexity index is 813. The van der Waals surface area contributed by atoms with Crippen LogP contribution in [0.25, 0.3) is 0 Å². The van der Waals surface area contributed by atoms with Crippen LogP contribution < -0.4 is 20.7 Å². The highest BCUT2D eigenvalue weighted by Gasteiger charge is 2.11. The van der Waals surface area contributed by atoms with E-state index in [1.165, 1.54) is 0 Å². The Hall–Kier alpha value is -3.53. The molecular weight excluding hydrogens is 332 g/mol. The lowest BCUT2D eigenvalue weighted by molar-refractivity contribution is -0.118. The molecule has 3 amide bonds. The summed E-state index contributed by atoms with van der Waals surface area (Å²) in [5.74, 6) is 0.0109. The summed E-state index contributed by atoms with van der Waals surface area (Å²) in [6, 6.07) is 15.1. The molecule has 7 heteroatoms. The van der Waals surface area contributed by atoms with Crippen LogP contribution in [0.5, 0.6) is 5.75 Å². The van der Waals surface area contributed by atoms with Gasteiger partial charge in [0.25, 0.3) is 0 Å². The van der Waals surface area contributed by atoms with Crippen LogP contribution in [0.15, 0.2) is 48.5 Å². The number of nitrogens with zero attached hydrogens (tertiary/aromatic N) is 1. The van der Waals surface area contributed by atoms with Crippen LogP contribution in [0.4, 0.5) is 16.2 Å². The molecule has 0 saturated heterocycles. The number of hydrogen-bond acceptors (Lipinski definition) is 5. The Labute approximate surface area is 152 Å². The van der Waals surface area contributed by atoms with Gasteiger partial charge in [-0.3, -0.25) is 10.1 Å². The van der Waals surface area contributed by atoms with Crippen LogP contribution in [-0.2, 0) is 4.79 Å². The quantitative estimate of drug-likeness (QED) is 0.741. The molecule has 0 spiro atoms. The third-order valence-corrected chi connectivity index (χ3v) is 3.20. The molecule has 0 unspecified atom stereocenters. The predicted molar refractivity (Wildman–Crippen MR) is 99.0 cm³/mol. The van der Waals surface area contributed by atoms with Gasteiger partial charge in [0.1, 0.15) is 5.75 Å². The van der Waals surface area contributed by atoms with Crippen molar-refractivity contribution in [3.63, 3.8) is 0 Å². The molecule has 0 aliphatic heterocycles. The zero-order valence-electron chi connectivity index (χ0n) is 14.6. The second-order valence-corrected chi connectivity index (χ2v) is 5.71. The van der Waals surface area contributed by atoms with Gasteiger partial charge >= 0.3 is 6.03 Å². The highest BCUT2D eigenvalue weighted by atomic mass is 16.5. The van der Waals surface area contributed by atoms with Gasteiger partial charge in [-0.25, -0.2) is 4.79 Å². The maximum atomic E-state index is 12.0. The Kier molecular flexibility index (Phi) is 6.57. The Morgan fingerprint density at radius 2 is 1.88 bits per heavy atom. The molecule has 0 saturated carbocycles. The largest absolute Gasteiger partial charge is 0.489 e. The second-order valence-electron chi connectivity index (χ2n) is 5.71. The van der Waals surface area contributed by atoms with Crippen molar-refractivity contribution in [1.82, 2.24) is 5.32 Å². The number of urea groups is 1. The monoisotopic (exact) mass is 352 g/mol. The van der Waals surface area contributed by atoms with Gasteiger partial charge in [-0.05, 0) is 44.2 Å². The minimum atomic E-state index is -0.618. The first-order chi connectivity index (χ1) is 12.5. The summed E-state index contributed by atoms with van der Waals surface area (Å²) in [6.07, 6.45) is -0.0611. The van der Waals surface area contributed by atoms with Crippen LogP contribution in [0.3, 0.4) is 0 Å². The number of anilines is 2. The lowest BCUT2D eigenvalue weighted by atomic mass is 10.2. The molecule has 7 nitrogen and oxygen atoms in total. The van der Waals surface area contributed by atoms with Gasteiger partial charge in [-0.2, -0.15) is 5.26 Å². The summed E-state index contributed by atoms with van der Waals surface area (Å²) in [4.78, 5) is 23.8. The fraction of sp³-hybridized carbons (Fsp3) is 0.211. The Morgan fingerprint density at radius 1 is 1.15 bits per heavy atom. The maximum Gasteiger partial charge on any atom is 0.325 e. The zero-order chi connectivity index (χ0) is 18.9. The molecule has 0 radical (unpaired) electrons. The summed E-state index contributed by atoms with van der Waals surface area (Å²) in [6.45, 7) is 3.61. The summed E-state index contributed by atoms with van der Waals surface area (Å²) in [7, 11) is 0. The van der Waals surface area contributed by atoms with Crippen LogP contribution in [0.1, 0.15) is 19.4 Å². The molecular formula is C19H20N4O3. The number of rotatable bonds is 6. The molecule has 3 N–H and O–H groups in total. The topological polar surface area (TPSA) is 103 Å². The highest BCUT2D eigenvalue weighted by Crippen LogP contribution is 2.26. The highest BCUT2D eigenvalue weighted by molar-refractivity contribution is 6.02. The normalized spacial score (nSPS) is 9.92. The molecule has 134 valence electrons. The molecule has 0 bridgehead atoms. The molecule has 0 heterocycles. The van der Waals surface area contributed by atoms with Gasteiger partial charge in [0.2, 0.25) is 5.91 Å². The fourth-order valence-electron chi connectivity index (χ4n) is 2.12. The summed E-state index contributed by atoms with van der Waals surface area (Å²) in [5.41, 5.74) is 1.53. The molecule has 0 fully saturated rings. The van der Waals surface area contributed by atoms with Gasteiger partial charge in [0.05, 0.1) is 30.0 Å². The SMILES string of the molecule is CC(C)Oc1ccc(C#N)cc1NCC(=O)NC(=O)Nc1ccccc1. The maximum absolute atomic E-state index is 12.0. The van der Waals surface area contributed by atoms with E-state index in [9.17, 15) is 9.59 Å².